The van der Waals surface area contributed by atoms with Crippen LogP contribution in [-0.4, -0.2) is 23.1 Å². The Morgan fingerprint density at radius 3 is 2.48 bits per heavy atom. The number of rotatable bonds is 4. The summed E-state index contributed by atoms with van der Waals surface area (Å²) in [4.78, 5) is 8.18. The van der Waals surface area contributed by atoms with Gasteiger partial charge in [0.1, 0.15) is 18.2 Å². The van der Waals surface area contributed by atoms with Crippen molar-refractivity contribution in [2.24, 2.45) is 5.92 Å². The number of nitrogens with zero attached hydrogens (tertiary/aromatic N) is 2. The van der Waals surface area contributed by atoms with Gasteiger partial charge in [0.05, 0.1) is 0 Å². The topological polar surface area (TPSA) is 47.0 Å². The monoisotopic (exact) mass is 323 g/mol. The maximum Gasteiger partial charge on any atom is 0.131 e. The fourth-order valence-corrected chi connectivity index (χ4v) is 3.08. The molecule has 1 fully saturated rings. The van der Waals surface area contributed by atoms with E-state index in [0.29, 0.717) is 21.7 Å². The second-order valence-corrected chi connectivity index (χ2v) is 5.94. The summed E-state index contributed by atoms with van der Waals surface area (Å²) in [6.07, 6.45) is 6.04. The molecule has 0 spiro atoms. The molecule has 21 heavy (non-hydrogen) atoms. The van der Waals surface area contributed by atoms with E-state index in [1.54, 1.807) is 30.6 Å². The lowest BCUT2D eigenvalue weighted by Crippen LogP contribution is -2.21. The van der Waals surface area contributed by atoms with Crippen LogP contribution in [0.2, 0.25) is 10.0 Å². The molecule has 0 bridgehead atoms. The Balaban J connectivity index is 1.88. The van der Waals surface area contributed by atoms with Crippen LogP contribution in [0.4, 0.5) is 0 Å². The van der Waals surface area contributed by atoms with Gasteiger partial charge in [-0.15, -0.1) is 0 Å². The molecule has 0 radical (unpaired) electrons. The van der Waals surface area contributed by atoms with Crippen molar-refractivity contribution >= 4 is 23.2 Å². The summed E-state index contributed by atoms with van der Waals surface area (Å²) in [5.41, 5.74) is 0.960. The second-order valence-electron chi connectivity index (χ2n) is 5.07. The van der Waals surface area contributed by atoms with Crippen LogP contribution < -0.4 is 10.1 Å². The maximum absolute atomic E-state index is 6.16. The van der Waals surface area contributed by atoms with Crippen LogP contribution in [0, 0.1) is 5.92 Å². The summed E-state index contributed by atoms with van der Waals surface area (Å²) in [7, 11) is 0. The lowest BCUT2D eigenvalue weighted by molar-refractivity contribution is 0.143. The fourth-order valence-electron chi connectivity index (χ4n) is 2.57. The van der Waals surface area contributed by atoms with Gasteiger partial charge < -0.3 is 10.1 Å². The summed E-state index contributed by atoms with van der Waals surface area (Å²) < 4.78 is 6.16. The average molecular weight is 324 g/mol. The molecule has 4 nitrogen and oxygen atoms in total. The highest BCUT2D eigenvalue weighted by Crippen LogP contribution is 2.33. The number of hydrogen-bond donors (Lipinski definition) is 1. The van der Waals surface area contributed by atoms with Crippen LogP contribution >= 0.6 is 23.2 Å². The molecule has 0 aliphatic carbocycles. The largest absolute Gasteiger partial charge is 0.485 e. The van der Waals surface area contributed by atoms with Gasteiger partial charge >= 0.3 is 0 Å². The molecular weight excluding hydrogens is 309 g/mol. The molecule has 0 unspecified atom stereocenters. The first-order valence-corrected chi connectivity index (χ1v) is 7.56. The van der Waals surface area contributed by atoms with Crippen LogP contribution in [-0.2, 0) is 0 Å². The van der Waals surface area contributed by atoms with Gasteiger partial charge in [-0.1, -0.05) is 23.2 Å². The zero-order chi connectivity index (χ0) is 14.7. The van der Waals surface area contributed by atoms with E-state index in [-0.39, 0.29) is 6.10 Å². The highest BCUT2D eigenvalue weighted by molar-refractivity contribution is 6.34. The molecule has 1 aliphatic heterocycles. The van der Waals surface area contributed by atoms with Gasteiger partial charge in [-0.2, -0.15) is 0 Å². The molecule has 1 saturated heterocycles. The number of halogens is 2. The highest BCUT2D eigenvalue weighted by atomic mass is 35.5. The van der Waals surface area contributed by atoms with Gasteiger partial charge in [-0.3, -0.25) is 0 Å². The smallest absolute Gasteiger partial charge is 0.131 e. The van der Waals surface area contributed by atoms with Crippen molar-refractivity contribution in [3.63, 3.8) is 0 Å². The van der Waals surface area contributed by atoms with Crippen molar-refractivity contribution in [1.82, 2.24) is 15.3 Å². The molecule has 0 saturated carbocycles. The number of ether oxygens (including phenoxy) is 1. The second kappa shape index (κ2) is 6.60. The van der Waals surface area contributed by atoms with Gasteiger partial charge in [0.15, 0.2) is 0 Å². The Labute approximate surface area is 133 Å². The van der Waals surface area contributed by atoms with Crippen LogP contribution in [0.25, 0.3) is 0 Å². The Morgan fingerprint density at radius 1 is 1.14 bits per heavy atom. The highest BCUT2D eigenvalue weighted by Gasteiger charge is 2.28. The molecule has 6 heteroatoms. The molecule has 110 valence electrons. The van der Waals surface area contributed by atoms with Crippen molar-refractivity contribution in [3.8, 4) is 5.75 Å². The van der Waals surface area contributed by atoms with E-state index in [1.807, 2.05) is 0 Å². The number of benzene rings is 1. The molecule has 2 heterocycles. The molecule has 1 aromatic heterocycles. The van der Waals surface area contributed by atoms with E-state index in [9.17, 15) is 0 Å². The summed E-state index contributed by atoms with van der Waals surface area (Å²) in [6, 6.07) is 5.23. The van der Waals surface area contributed by atoms with E-state index in [4.69, 9.17) is 27.9 Å². The van der Waals surface area contributed by atoms with E-state index in [2.05, 4.69) is 15.3 Å². The first-order chi connectivity index (χ1) is 10.2. The van der Waals surface area contributed by atoms with Gasteiger partial charge in [-0.05, 0) is 31.2 Å². The lowest BCUT2D eigenvalue weighted by atomic mass is 9.96. The summed E-state index contributed by atoms with van der Waals surface area (Å²) in [6.45, 7) is 1.91. The van der Waals surface area contributed by atoms with Gasteiger partial charge in [0.25, 0.3) is 0 Å². The Bertz CT molecular complexity index is 583. The number of aromatic nitrogens is 2. The Morgan fingerprint density at radius 2 is 1.86 bits per heavy atom. The molecule has 3 rings (SSSR count). The standard InChI is InChI=1S/C15H15Cl2N3O/c16-12-3-13(17)5-14(4-12)21-15(10-1-2-18-6-10)11-7-19-9-20-8-11/h3-5,7-10,15,18H,1-2,6H2/t10-,15+/m1/s1. The Hall–Kier alpha value is -1.36. The zero-order valence-electron chi connectivity index (χ0n) is 11.3. The molecule has 2 atom stereocenters. The summed E-state index contributed by atoms with van der Waals surface area (Å²) >= 11 is 12.1. The number of nitrogens with one attached hydrogen (secondary N) is 1. The third kappa shape index (κ3) is 3.64. The average Bonchev–Trinajstić information content (AvgIpc) is 2.98. The van der Waals surface area contributed by atoms with E-state index in [0.717, 1.165) is 25.1 Å². The van der Waals surface area contributed by atoms with Crippen LogP contribution in [0.5, 0.6) is 5.75 Å². The Kier molecular flexibility index (Phi) is 4.58. The van der Waals surface area contributed by atoms with Crippen LogP contribution in [0.3, 0.4) is 0 Å². The van der Waals surface area contributed by atoms with Crippen molar-refractivity contribution in [2.45, 2.75) is 12.5 Å². The molecule has 1 aromatic carbocycles. The van der Waals surface area contributed by atoms with E-state index in [1.165, 1.54) is 6.33 Å². The fraction of sp³-hybridized carbons (Fsp3) is 0.333. The van der Waals surface area contributed by atoms with Crippen molar-refractivity contribution in [2.75, 3.05) is 13.1 Å². The predicted octanol–water partition coefficient (Wildman–Crippen LogP) is 3.51. The predicted molar refractivity (Wildman–Crippen MR) is 82.8 cm³/mol. The first-order valence-electron chi connectivity index (χ1n) is 6.81. The van der Waals surface area contributed by atoms with Gasteiger partial charge in [-0.25, -0.2) is 9.97 Å². The quantitative estimate of drug-likeness (QED) is 0.935. The van der Waals surface area contributed by atoms with Gasteiger partial charge in [0, 0.05) is 40.5 Å². The lowest BCUT2D eigenvalue weighted by Gasteiger charge is -2.24. The van der Waals surface area contributed by atoms with Crippen LogP contribution in [0.15, 0.2) is 36.9 Å². The minimum Gasteiger partial charge on any atom is -0.485 e. The van der Waals surface area contributed by atoms with Crippen molar-refractivity contribution in [3.05, 3.63) is 52.5 Å². The minimum absolute atomic E-state index is 0.115. The third-order valence-corrected chi connectivity index (χ3v) is 3.97. The van der Waals surface area contributed by atoms with Crippen molar-refractivity contribution < 1.29 is 4.74 Å². The van der Waals surface area contributed by atoms with Gasteiger partial charge in [0.2, 0.25) is 0 Å². The third-order valence-electron chi connectivity index (χ3n) is 3.53. The van der Waals surface area contributed by atoms with E-state index >= 15 is 0 Å². The number of hydrogen-bond acceptors (Lipinski definition) is 4. The molecule has 2 aromatic rings. The van der Waals surface area contributed by atoms with Crippen molar-refractivity contribution in [1.29, 1.82) is 0 Å². The first kappa shape index (κ1) is 14.6. The summed E-state index contributed by atoms with van der Waals surface area (Å²) in [5.74, 6) is 1.03. The molecule has 1 N–H and O–H groups in total. The zero-order valence-corrected chi connectivity index (χ0v) is 12.8. The molecule has 0 amide bonds. The molecule has 1 aliphatic rings. The maximum atomic E-state index is 6.16. The molecular formula is C15H15Cl2N3O. The van der Waals surface area contributed by atoms with Crippen LogP contribution in [0.1, 0.15) is 18.1 Å². The van der Waals surface area contributed by atoms with E-state index < -0.39 is 0 Å². The normalized spacial score (nSPS) is 19.4. The SMILES string of the molecule is Clc1cc(Cl)cc(O[C@H](c2cncnc2)[C@@H]2CCNC2)c1. The minimum atomic E-state index is -0.115. The summed E-state index contributed by atoms with van der Waals surface area (Å²) in [5, 5.41) is 4.48.